The summed E-state index contributed by atoms with van der Waals surface area (Å²) in [7, 11) is -0.613. The number of carbonyl (C=O) groups is 1. The lowest BCUT2D eigenvalue weighted by Gasteiger charge is -2.40. The molecule has 2 unspecified atom stereocenters. The molecule has 154 valence electrons. The Hall–Kier alpha value is -0.653. The van der Waals surface area contributed by atoms with Crippen molar-refractivity contribution in [2.75, 3.05) is 7.11 Å². The van der Waals surface area contributed by atoms with E-state index in [0.717, 1.165) is 25.7 Å². The fourth-order valence-corrected chi connectivity index (χ4v) is 4.22. The number of carbonyl (C=O) groups excluding carboxylic acids is 1. The molecular weight excluding hydrogens is 344 g/mol. The molecule has 3 atom stereocenters. The number of esters is 1. The third kappa shape index (κ3) is 8.83. The number of aliphatic hydroxyl groups is 1. The van der Waals surface area contributed by atoms with Crippen LogP contribution in [-0.4, -0.2) is 38.7 Å². The molecule has 0 amide bonds. The number of rotatable bonds is 13. The fraction of sp³-hybridized carbons (Fsp3) is 0.857. The molecule has 4 nitrogen and oxygen atoms in total. The van der Waals surface area contributed by atoms with Gasteiger partial charge in [0.2, 0.25) is 0 Å². The van der Waals surface area contributed by atoms with E-state index in [0.29, 0.717) is 6.42 Å². The molecule has 26 heavy (non-hydrogen) atoms. The third-order valence-electron chi connectivity index (χ3n) is 5.61. The Morgan fingerprint density at radius 2 is 1.69 bits per heavy atom. The summed E-state index contributed by atoms with van der Waals surface area (Å²) in [6, 6.07) is 0. The zero-order valence-electron chi connectivity index (χ0n) is 18.1. The van der Waals surface area contributed by atoms with Gasteiger partial charge in [-0.3, -0.25) is 4.79 Å². The predicted molar refractivity (Wildman–Crippen MR) is 112 cm³/mol. The Kier molecular flexibility index (Phi) is 11.6. The van der Waals surface area contributed by atoms with Gasteiger partial charge in [-0.2, -0.15) is 0 Å². The summed E-state index contributed by atoms with van der Waals surface area (Å²) in [6.45, 7) is 16.4. The summed E-state index contributed by atoms with van der Waals surface area (Å²) >= 11 is 0. The maximum Gasteiger partial charge on any atom is 0.311 e. The molecule has 0 aliphatic carbocycles. The molecule has 0 rings (SSSR count). The van der Waals surface area contributed by atoms with Crippen molar-refractivity contribution in [2.24, 2.45) is 5.92 Å². The van der Waals surface area contributed by atoms with E-state index in [-0.39, 0.29) is 17.1 Å². The first kappa shape index (κ1) is 25.3. The van der Waals surface area contributed by atoms with Gasteiger partial charge >= 0.3 is 5.97 Å². The number of hydrogen-bond donors (Lipinski definition) is 1. The second kappa shape index (κ2) is 11.9. The average molecular weight is 387 g/mol. The molecule has 0 spiro atoms. The van der Waals surface area contributed by atoms with Crippen molar-refractivity contribution in [2.45, 2.75) is 103 Å². The summed E-state index contributed by atoms with van der Waals surface area (Å²) in [4.78, 5) is 12.2. The highest BCUT2D eigenvalue weighted by Crippen LogP contribution is 2.38. The van der Waals surface area contributed by atoms with E-state index in [2.05, 4.69) is 40.4 Å². The quantitative estimate of drug-likeness (QED) is 0.197. The van der Waals surface area contributed by atoms with Crippen molar-refractivity contribution in [1.29, 1.82) is 0 Å². The van der Waals surface area contributed by atoms with E-state index < -0.39 is 20.3 Å². The standard InChI is InChI=1S/C21H42O4Si/c1-9-10-11-12-13-14-15-16-18(20(23)24-6)19(22)17(2)25-26(7,8)21(3,4)5/h9,17-19,22H,1,10-16H2,2-8H3/t17-,18?,19?/m0/s1. The summed E-state index contributed by atoms with van der Waals surface area (Å²) in [6.07, 6.45) is 7.91. The van der Waals surface area contributed by atoms with Gasteiger partial charge in [0.25, 0.3) is 0 Å². The lowest BCUT2D eigenvalue weighted by molar-refractivity contribution is -0.152. The van der Waals surface area contributed by atoms with Gasteiger partial charge in [0.1, 0.15) is 0 Å². The normalized spacial score (nSPS) is 16.0. The first-order valence-corrected chi connectivity index (χ1v) is 12.9. The van der Waals surface area contributed by atoms with Crippen molar-refractivity contribution < 1.29 is 19.1 Å². The Morgan fingerprint density at radius 1 is 1.15 bits per heavy atom. The molecule has 0 saturated heterocycles. The molecule has 0 aromatic rings. The molecule has 0 aliphatic rings. The minimum atomic E-state index is -2.00. The largest absolute Gasteiger partial charge is 0.469 e. The SMILES string of the molecule is C=CCCCCCCCC(C(=O)OC)C(O)[C@H](C)O[Si](C)(C)C(C)(C)C. The van der Waals surface area contributed by atoms with Gasteiger partial charge in [-0.1, -0.05) is 52.5 Å². The summed E-state index contributed by atoms with van der Waals surface area (Å²) in [5.41, 5.74) is 0. The highest BCUT2D eigenvalue weighted by Gasteiger charge is 2.41. The highest BCUT2D eigenvalue weighted by molar-refractivity contribution is 6.74. The van der Waals surface area contributed by atoms with Crippen LogP contribution in [0.3, 0.4) is 0 Å². The minimum Gasteiger partial charge on any atom is -0.469 e. The van der Waals surface area contributed by atoms with Crippen molar-refractivity contribution in [3.63, 3.8) is 0 Å². The molecular formula is C21H42O4Si. The molecule has 0 bridgehead atoms. The number of methoxy groups -OCH3 is 1. The fourth-order valence-electron chi connectivity index (χ4n) is 2.80. The van der Waals surface area contributed by atoms with Crippen molar-refractivity contribution in [3.8, 4) is 0 Å². The van der Waals surface area contributed by atoms with E-state index in [1.807, 2.05) is 13.0 Å². The molecule has 0 radical (unpaired) electrons. The van der Waals surface area contributed by atoms with Crippen LogP contribution in [0.2, 0.25) is 18.1 Å². The second-order valence-corrected chi connectivity index (χ2v) is 13.6. The van der Waals surface area contributed by atoms with Crippen molar-refractivity contribution in [1.82, 2.24) is 0 Å². The van der Waals surface area contributed by atoms with Gasteiger partial charge in [-0.25, -0.2) is 0 Å². The zero-order valence-corrected chi connectivity index (χ0v) is 19.1. The Morgan fingerprint density at radius 3 is 2.19 bits per heavy atom. The summed E-state index contributed by atoms with van der Waals surface area (Å²) in [5, 5.41) is 10.8. The molecule has 5 heteroatoms. The first-order valence-electron chi connectivity index (χ1n) is 10.0. The Labute approximate surface area is 162 Å². The maximum absolute atomic E-state index is 12.2. The number of aliphatic hydroxyl groups excluding tert-OH is 1. The van der Waals surface area contributed by atoms with Crippen LogP contribution in [0.15, 0.2) is 12.7 Å². The Bertz CT molecular complexity index is 415. The van der Waals surface area contributed by atoms with Gasteiger partial charge in [-0.05, 0) is 44.3 Å². The lowest BCUT2D eigenvalue weighted by atomic mass is 9.92. The van der Waals surface area contributed by atoms with Gasteiger partial charge in [0.05, 0.1) is 25.2 Å². The zero-order chi connectivity index (χ0) is 20.4. The molecule has 0 saturated carbocycles. The topological polar surface area (TPSA) is 55.8 Å². The minimum absolute atomic E-state index is 0.0627. The third-order valence-corrected chi connectivity index (χ3v) is 10.2. The van der Waals surface area contributed by atoms with Crippen LogP contribution in [0.4, 0.5) is 0 Å². The van der Waals surface area contributed by atoms with Crippen LogP contribution < -0.4 is 0 Å². The van der Waals surface area contributed by atoms with Crippen LogP contribution in [0.25, 0.3) is 0 Å². The van der Waals surface area contributed by atoms with Crippen molar-refractivity contribution >= 4 is 14.3 Å². The van der Waals surface area contributed by atoms with E-state index in [1.54, 1.807) is 0 Å². The van der Waals surface area contributed by atoms with Crippen LogP contribution in [0.5, 0.6) is 0 Å². The number of unbranched alkanes of at least 4 members (excludes halogenated alkanes) is 5. The monoisotopic (exact) mass is 386 g/mol. The van der Waals surface area contributed by atoms with Gasteiger partial charge in [-0.15, -0.1) is 6.58 Å². The Balaban J connectivity index is 4.66. The van der Waals surface area contributed by atoms with Gasteiger partial charge < -0.3 is 14.3 Å². The van der Waals surface area contributed by atoms with E-state index in [1.165, 1.54) is 20.0 Å². The maximum atomic E-state index is 12.2. The average Bonchev–Trinajstić information content (AvgIpc) is 2.54. The molecule has 1 N–H and O–H groups in total. The van der Waals surface area contributed by atoms with E-state index in [4.69, 9.17) is 9.16 Å². The molecule has 0 aliphatic heterocycles. The molecule has 0 aromatic heterocycles. The highest BCUT2D eigenvalue weighted by atomic mass is 28.4. The van der Waals surface area contributed by atoms with Crippen LogP contribution >= 0.6 is 0 Å². The molecule has 0 heterocycles. The number of ether oxygens (including phenoxy) is 1. The number of hydrogen-bond acceptors (Lipinski definition) is 4. The molecule has 0 aromatic carbocycles. The number of allylic oxidation sites excluding steroid dienone is 1. The van der Waals surface area contributed by atoms with Crippen LogP contribution in [-0.2, 0) is 14.0 Å². The second-order valence-electron chi connectivity index (χ2n) is 8.84. The van der Waals surface area contributed by atoms with E-state index in [9.17, 15) is 9.90 Å². The summed E-state index contributed by atoms with van der Waals surface area (Å²) < 4.78 is 11.2. The van der Waals surface area contributed by atoms with Crippen LogP contribution in [0, 0.1) is 5.92 Å². The van der Waals surface area contributed by atoms with Gasteiger partial charge in [0.15, 0.2) is 8.32 Å². The molecule has 0 fully saturated rings. The summed E-state index contributed by atoms with van der Waals surface area (Å²) in [5.74, 6) is -0.859. The predicted octanol–water partition coefficient (Wildman–Crippen LogP) is 5.46. The lowest BCUT2D eigenvalue weighted by Crippen LogP contribution is -2.48. The van der Waals surface area contributed by atoms with Crippen LogP contribution in [0.1, 0.15) is 72.6 Å². The smallest absolute Gasteiger partial charge is 0.311 e. The van der Waals surface area contributed by atoms with Gasteiger partial charge in [0, 0.05) is 0 Å². The van der Waals surface area contributed by atoms with Crippen molar-refractivity contribution in [3.05, 3.63) is 12.7 Å². The van der Waals surface area contributed by atoms with E-state index >= 15 is 0 Å². The first-order chi connectivity index (χ1) is 12.0.